The number of rotatable bonds is 2. The largest absolute Gasteiger partial charge is 0.444 e. The van der Waals surface area contributed by atoms with Crippen LogP contribution < -0.4 is 0 Å². The quantitative estimate of drug-likeness (QED) is 0.851. The van der Waals surface area contributed by atoms with Crippen molar-refractivity contribution < 1.29 is 23.8 Å². The van der Waals surface area contributed by atoms with Gasteiger partial charge in [-0.3, -0.25) is 0 Å². The second-order valence-electron chi connectivity index (χ2n) is 8.24. The van der Waals surface area contributed by atoms with Crippen molar-refractivity contribution >= 4 is 11.7 Å². The van der Waals surface area contributed by atoms with Crippen LogP contribution in [0, 0.1) is 5.82 Å². The first-order valence-corrected chi connectivity index (χ1v) is 9.45. The molecule has 2 aliphatic heterocycles. The molecule has 148 valence electrons. The number of hydrogen-bond donors (Lipinski definition) is 1. The predicted molar refractivity (Wildman–Crippen MR) is 101 cm³/mol. The maximum atomic E-state index is 14.0. The summed E-state index contributed by atoms with van der Waals surface area (Å²) in [5, 5.41) is 11.1. The topological polar surface area (TPSA) is 59.0 Å². The van der Waals surface area contributed by atoms with E-state index in [0.29, 0.717) is 45.6 Å². The number of ether oxygens (including phenoxy) is 2. The molecule has 1 saturated heterocycles. The van der Waals surface area contributed by atoms with Crippen LogP contribution in [0.15, 0.2) is 24.3 Å². The summed E-state index contributed by atoms with van der Waals surface area (Å²) in [6, 6.07) is 4.55. The molecule has 0 bridgehead atoms. The molecule has 1 aromatic carbocycles. The molecule has 0 aliphatic carbocycles. The minimum Gasteiger partial charge on any atom is -0.444 e. The molecule has 6 heteroatoms. The highest BCUT2D eigenvalue weighted by molar-refractivity contribution is 5.74. The summed E-state index contributed by atoms with van der Waals surface area (Å²) in [5.74, 6) is -0.333. The molecule has 2 heterocycles. The van der Waals surface area contributed by atoms with Crippen LogP contribution in [0.25, 0.3) is 5.57 Å². The van der Waals surface area contributed by atoms with E-state index in [1.54, 1.807) is 11.0 Å². The van der Waals surface area contributed by atoms with Gasteiger partial charge < -0.3 is 19.5 Å². The number of nitrogens with zero attached hydrogens (tertiary/aromatic N) is 1. The lowest BCUT2D eigenvalue weighted by molar-refractivity contribution is -0.0681. The Balaban J connectivity index is 1.83. The summed E-state index contributed by atoms with van der Waals surface area (Å²) in [7, 11) is 0. The Kier molecular flexibility index (Phi) is 5.58. The van der Waals surface area contributed by atoms with Crippen molar-refractivity contribution in [2.75, 3.05) is 26.3 Å². The summed E-state index contributed by atoms with van der Waals surface area (Å²) in [4.78, 5) is 13.9. The summed E-state index contributed by atoms with van der Waals surface area (Å²) in [6.07, 6.45) is 3.14. The lowest BCUT2D eigenvalue weighted by atomic mass is 9.81. The maximum absolute atomic E-state index is 14.0. The SMILES string of the molecule is CC(C)(C)OC(=O)N1CC=C(c2cc(F)ccc2C2(O)CCOCC2)CC1. The molecule has 0 aromatic heterocycles. The van der Waals surface area contributed by atoms with Gasteiger partial charge in [-0.25, -0.2) is 9.18 Å². The van der Waals surface area contributed by atoms with Crippen LogP contribution in [-0.4, -0.2) is 48.0 Å². The molecule has 0 saturated carbocycles. The zero-order valence-electron chi connectivity index (χ0n) is 16.3. The van der Waals surface area contributed by atoms with Gasteiger partial charge in [0.2, 0.25) is 0 Å². The van der Waals surface area contributed by atoms with Crippen molar-refractivity contribution in [3.05, 3.63) is 41.2 Å². The maximum Gasteiger partial charge on any atom is 0.410 e. The third kappa shape index (κ3) is 4.68. The smallest absolute Gasteiger partial charge is 0.410 e. The van der Waals surface area contributed by atoms with Crippen LogP contribution in [0.1, 0.15) is 51.2 Å². The minimum atomic E-state index is -1.01. The van der Waals surface area contributed by atoms with E-state index in [1.165, 1.54) is 12.1 Å². The molecule has 5 nitrogen and oxygen atoms in total. The lowest BCUT2D eigenvalue weighted by Crippen LogP contribution is -2.39. The van der Waals surface area contributed by atoms with Crippen molar-refractivity contribution in [2.24, 2.45) is 0 Å². The molecule has 1 amide bonds. The minimum absolute atomic E-state index is 0.333. The summed E-state index contributed by atoms with van der Waals surface area (Å²) in [5.41, 5.74) is 0.865. The molecule has 1 aromatic rings. The Morgan fingerprint density at radius 1 is 1.30 bits per heavy atom. The van der Waals surface area contributed by atoms with E-state index in [0.717, 1.165) is 16.7 Å². The number of carbonyl (C=O) groups is 1. The number of halogens is 1. The normalized spacial score (nSPS) is 20.2. The number of hydrogen-bond acceptors (Lipinski definition) is 4. The fourth-order valence-electron chi connectivity index (χ4n) is 3.57. The Bertz CT molecular complexity index is 732. The van der Waals surface area contributed by atoms with E-state index in [4.69, 9.17) is 9.47 Å². The summed E-state index contributed by atoms with van der Waals surface area (Å²) >= 11 is 0. The zero-order chi connectivity index (χ0) is 19.7. The fourth-order valence-corrected chi connectivity index (χ4v) is 3.57. The van der Waals surface area contributed by atoms with Gasteiger partial charge in [0.25, 0.3) is 0 Å². The first-order chi connectivity index (χ1) is 12.7. The Morgan fingerprint density at radius 2 is 2.00 bits per heavy atom. The van der Waals surface area contributed by atoms with Crippen LogP contribution >= 0.6 is 0 Å². The highest BCUT2D eigenvalue weighted by Crippen LogP contribution is 2.38. The molecule has 0 unspecified atom stereocenters. The molecule has 3 rings (SSSR count). The van der Waals surface area contributed by atoms with Crippen molar-refractivity contribution in [3.8, 4) is 0 Å². The van der Waals surface area contributed by atoms with E-state index in [9.17, 15) is 14.3 Å². The third-order valence-electron chi connectivity index (χ3n) is 5.01. The fraction of sp³-hybridized carbons (Fsp3) is 0.571. The average Bonchev–Trinajstić information content (AvgIpc) is 2.61. The van der Waals surface area contributed by atoms with Crippen LogP contribution in [0.3, 0.4) is 0 Å². The van der Waals surface area contributed by atoms with E-state index in [2.05, 4.69) is 0 Å². The molecular formula is C21H28FNO4. The Labute approximate surface area is 159 Å². The highest BCUT2D eigenvalue weighted by Gasteiger charge is 2.35. The van der Waals surface area contributed by atoms with Gasteiger partial charge in [-0.05, 0) is 56.0 Å². The number of amides is 1. The first-order valence-electron chi connectivity index (χ1n) is 9.45. The van der Waals surface area contributed by atoms with Crippen molar-refractivity contribution in [2.45, 2.75) is 51.2 Å². The van der Waals surface area contributed by atoms with Gasteiger partial charge in [0.15, 0.2) is 0 Å². The standard InChI is InChI=1S/C21H28FNO4/c1-20(2,3)27-19(24)23-10-6-15(7-11-23)17-14-16(22)4-5-18(17)21(25)8-12-26-13-9-21/h4-6,14,25H,7-13H2,1-3H3. The number of carbonyl (C=O) groups excluding carboxylic acids is 1. The van der Waals surface area contributed by atoms with Crippen molar-refractivity contribution in [1.82, 2.24) is 4.90 Å². The first kappa shape index (κ1) is 19.8. The van der Waals surface area contributed by atoms with Crippen molar-refractivity contribution in [3.63, 3.8) is 0 Å². The number of aliphatic hydroxyl groups is 1. The van der Waals surface area contributed by atoms with Gasteiger partial charge in [0, 0.05) is 39.1 Å². The molecule has 1 N–H and O–H groups in total. The summed E-state index contributed by atoms with van der Waals surface area (Å²) in [6.45, 7) is 7.38. The molecule has 2 aliphatic rings. The van der Waals surface area contributed by atoms with Crippen molar-refractivity contribution in [1.29, 1.82) is 0 Å². The zero-order valence-corrected chi connectivity index (χ0v) is 16.3. The predicted octanol–water partition coefficient (Wildman–Crippen LogP) is 3.85. The van der Waals surface area contributed by atoms with Gasteiger partial charge in [0.05, 0.1) is 5.60 Å². The Hall–Kier alpha value is -1.92. The monoisotopic (exact) mass is 377 g/mol. The van der Waals surface area contributed by atoms with Crippen LogP contribution in [0.4, 0.5) is 9.18 Å². The lowest BCUT2D eigenvalue weighted by Gasteiger charge is -2.35. The second-order valence-corrected chi connectivity index (χ2v) is 8.24. The van der Waals surface area contributed by atoms with Gasteiger partial charge in [-0.2, -0.15) is 0 Å². The van der Waals surface area contributed by atoms with Gasteiger partial charge in [-0.1, -0.05) is 12.1 Å². The van der Waals surface area contributed by atoms with Gasteiger partial charge in [0.1, 0.15) is 11.4 Å². The number of benzene rings is 1. The second kappa shape index (κ2) is 7.60. The molecule has 1 fully saturated rings. The van der Waals surface area contributed by atoms with E-state index >= 15 is 0 Å². The average molecular weight is 377 g/mol. The molecule has 0 atom stereocenters. The van der Waals surface area contributed by atoms with Gasteiger partial charge >= 0.3 is 6.09 Å². The highest BCUT2D eigenvalue weighted by atomic mass is 19.1. The van der Waals surface area contributed by atoms with Crippen LogP contribution in [0.5, 0.6) is 0 Å². The van der Waals surface area contributed by atoms with Crippen LogP contribution in [0.2, 0.25) is 0 Å². The molecule has 27 heavy (non-hydrogen) atoms. The Morgan fingerprint density at radius 3 is 2.59 bits per heavy atom. The molecular weight excluding hydrogens is 349 g/mol. The third-order valence-corrected chi connectivity index (χ3v) is 5.01. The van der Waals surface area contributed by atoms with E-state index < -0.39 is 11.2 Å². The van der Waals surface area contributed by atoms with Crippen LogP contribution in [-0.2, 0) is 15.1 Å². The molecule has 0 spiro atoms. The summed E-state index contributed by atoms with van der Waals surface area (Å²) < 4.78 is 24.8. The molecule has 0 radical (unpaired) electrons. The van der Waals surface area contributed by atoms with Gasteiger partial charge in [-0.15, -0.1) is 0 Å². The van der Waals surface area contributed by atoms with E-state index in [-0.39, 0.29) is 11.9 Å². The van der Waals surface area contributed by atoms with E-state index in [1.807, 2.05) is 26.8 Å².